The topological polar surface area (TPSA) is 52.3 Å². The van der Waals surface area contributed by atoms with Crippen LogP contribution in [0.1, 0.15) is 6.92 Å². The third-order valence-electron chi connectivity index (χ3n) is 0.568. The minimum absolute atomic E-state index is 0.193. The summed E-state index contributed by atoms with van der Waals surface area (Å²) in [6.45, 7) is 2.28. The van der Waals surface area contributed by atoms with Crippen molar-refractivity contribution in [2.75, 3.05) is 13.2 Å². The summed E-state index contributed by atoms with van der Waals surface area (Å²) in [5.41, 5.74) is 4.99. The average molecular weight is 127 g/mol. The molecule has 0 aliphatic carbocycles. The molecule has 0 rings (SSSR count). The van der Waals surface area contributed by atoms with Gasteiger partial charge in [0, 0.05) is 5.92 Å². The van der Waals surface area contributed by atoms with E-state index in [1.54, 1.807) is 6.92 Å². The zero-order valence-electron chi connectivity index (χ0n) is 5.31. The van der Waals surface area contributed by atoms with Crippen LogP contribution in [-0.4, -0.2) is 19.1 Å². The first-order chi connectivity index (χ1) is 4.31. The highest BCUT2D eigenvalue weighted by Gasteiger charge is 1.89. The van der Waals surface area contributed by atoms with Crippen molar-refractivity contribution in [3.05, 3.63) is 0 Å². The van der Waals surface area contributed by atoms with Gasteiger partial charge in [-0.15, -0.1) is 0 Å². The van der Waals surface area contributed by atoms with E-state index in [-0.39, 0.29) is 6.54 Å². The van der Waals surface area contributed by atoms with Gasteiger partial charge in [-0.25, -0.2) is 4.79 Å². The van der Waals surface area contributed by atoms with Crippen LogP contribution in [0.5, 0.6) is 0 Å². The van der Waals surface area contributed by atoms with Gasteiger partial charge in [-0.05, 0) is 6.92 Å². The summed E-state index contributed by atoms with van der Waals surface area (Å²) in [7, 11) is 0. The molecular formula is C6H9NO2. The molecule has 0 saturated carbocycles. The van der Waals surface area contributed by atoms with Gasteiger partial charge in [0.15, 0.2) is 0 Å². The maximum absolute atomic E-state index is 10.4. The summed E-state index contributed by atoms with van der Waals surface area (Å²) in [4.78, 5) is 10.4. The smallest absolute Gasteiger partial charge is 0.384 e. The van der Waals surface area contributed by atoms with Crippen molar-refractivity contribution in [1.29, 1.82) is 0 Å². The zero-order valence-corrected chi connectivity index (χ0v) is 5.31. The molecule has 0 fully saturated rings. The van der Waals surface area contributed by atoms with Crippen molar-refractivity contribution in [3.63, 3.8) is 0 Å². The molecule has 0 aromatic carbocycles. The fourth-order valence-electron chi connectivity index (χ4n) is 0.290. The molecule has 0 spiro atoms. The second-order valence-corrected chi connectivity index (χ2v) is 1.23. The van der Waals surface area contributed by atoms with E-state index in [0.29, 0.717) is 6.61 Å². The zero-order chi connectivity index (χ0) is 7.11. The molecule has 0 radical (unpaired) electrons. The Balaban J connectivity index is 3.49. The molecule has 0 aromatic heterocycles. The molecule has 3 nitrogen and oxygen atoms in total. The molecule has 0 aliphatic rings. The Morgan fingerprint density at radius 3 is 2.89 bits per heavy atom. The summed E-state index contributed by atoms with van der Waals surface area (Å²) >= 11 is 0. The van der Waals surface area contributed by atoms with Gasteiger partial charge in [0.1, 0.15) is 0 Å². The summed E-state index contributed by atoms with van der Waals surface area (Å²) < 4.78 is 4.48. The first-order valence-corrected chi connectivity index (χ1v) is 2.67. The standard InChI is InChI=1S/C6H9NO2/c1-2-9-6(8)4-3-5-7/h2,5,7H2,1H3. The van der Waals surface area contributed by atoms with Crippen LogP contribution in [-0.2, 0) is 9.53 Å². The van der Waals surface area contributed by atoms with Gasteiger partial charge in [-0.2, -0.15) is 0 Å². The Hall–Kier alpha value is -1.01. The van der Waals surface area contributed by atoms with Gasteiger partial charge in [0.25, 0.3) is 0 Å². The SMILES string of the molecule is CCOC(=O)C#CCN. The third-order valence-corrected chi connectivity index (χ3v) is 0.568. The quantitative estimate of drug-likeness (QED) is 0.294. The minimum atomic E-state index is -0.511. The van der Waals surface area contributed by atoms with Crippen LogP contribution in [0.2, 0.25) is 0 Å². The van der Waals surface area contributed by atoms with Crippen molar-refractivity contribution in [3.8, 4) is 11.8 Å². The number of rotatable bonds is 1. The predicted molar refractivity (Wildman–Crippen MR) is 33.5 cm³/mol. The van der Waals surface area contributed by atoms with Crippen molar-refractivity contribution in [2.24, 2.45) is 5.73 Å². The molecule has 0 bridgehead atoms. The van der Waals surface area contributed by atoms with E-state index in [9.17, 15) is 4.79 Å². The van der Waals surface area contributed by atoms with E-state index < -0.39 is 5.97 Å². The predicted octanol–water partition coefficient (Wildman–Crippen LogP) is -0.488. The Bertz CT molecular complexity index is 143. The van der Waals surface area contributed by atoms with E-state index in [1.807, 2.05) is 0 Å². The molecular weight excluding hydrogens is 118 g/mol. The van der Waals surface area contributed by atoms with E-state index in [1.165, 1.54) is 0 Å². The van der Waals surface area contributed by atoms with Crippen LogP contribution in [0.15, 0.2) is 0 Å². The molecule has 0 heterocycles. The van der Waals surface area contributed by atoms with Crippen molar-refractivity contribution in [1.82, 2.24) is 0 Å². The Labute approximate surface area is 54.2 Å². The maximum Gasteiger partial charge on any atom is 0.384 e. The first-order valence-electron chi connectivity index (χ1n) is 2.67. The van der Waals surface area contributed by atoms with E-state index >= 15 is 0 Å². The Kier molecular flexibility index (Phi) is 4.56. The van der Waals surface area contributed by atoms with Crippen molar-refractivity contribution >= 4 is 5.97 Å². The number of carbonyl (C=O) groups excluding carboxylic acids is 1. The van der Waals surface area contributed by atoms with Gasteiger partial charge >= 0.3 is 5.97 Å². The molecule has 9 heavy (non-hydrogen) atoms. The van der Waals surface area contributed by atoms with Crippen LogP contribution >= 0.6 is 0 Å². The van der Waals surface area contributed by atoms with Crippen molar-refractivity contribution in [2.45, 2.75) is 6.92 Å². The fraction of sp³-hybridized carbons (Fsp3) is 0.500. The maximum atomic E-state index is 10.4. The molecule has 0 aromatic rings. The number of ether oxygens (including phenoxy) is 1. The number of carbonyl (C=O) groups is 1. The van der Waals surface area contributed by atoms with Crippen LogP contribution < -0.4 is 5.73 Å². The molecule has 2 N–H and O–H groups in total. The minimum Gasteiger partial charge on any atom is -0.456 e. The lowest BCUT2D eigenvalue weighted by Crippen LogP contribution is -2.01. The van der Waals surface area contributed by atoms with Crippen LogP contribution in [0, 0.1) is 11.8 Å². The van der Waals surface area contributed by atoms with E-state index in [2.05, 4.69) is 16.6 Å². The number of hydrogen-bond donors (Lipinski definition) is 1. The summed E-state index contributed by atoms with van der Waals surface area (Å²) in [6.07, 6.45) is 0. The van der Waals surface area contributed by atoms with Gasteiger partial charge in [0.2, 0.25) is 0 Å². The summed E-state index contributed by atoms with van der Waals surface area (Å²) in [5, 5.41) is 0. The lowest BCUT2D eigenvalue weighted by atomic mass is 10.6. The molecule has 0 amide bonds. The van der Waals surface area contributed by atoms with Crippen LogP contribution in [0.4, 0.5) is 0 Å². The largest absolute Gasteiger partial charge is 0.456 e. The highest BCUT2D eigenvalue weighted by molar-refractivity contribution is 5.88. The molecule has 50 valence electrons. The molecule has 0 aliphatic heterocycles. The van der Waals surface area contributed by atoms with Crippen molar-refractivity contribution < 1.29 is 9.53 Å². The van der Waals surface area contributed by atoms with Gasteiger partial charge < -0.3 is 10.5 Å². The highest BCUT2D eigenvalue weighted by Crippen LogP contribution is 1.71. The summed E-state index contributed by atoms with van der Waals surface area (Å²) in [5.74, 6) is 4.07. The average Bonchev–Trinajstić information content (AvgIpc) is 1.85. The van der Waals surface area contributed by atoms with Gasteiger partial charge in [-0.3, -0.25) is 0 Å². The summed E-state index contributed by atoms with van der Waals surface area (Å²) in [6, 6.07) is 0. The Morgan fingerprint density at radius 1 is 1.78 bits per heavy atom. The third kappa shape index (κ3) is 4.85. The molecule has 0 saturated heterocycles. The second-order valence-electron chi connectivity index (χ2n) is 1.23. The fourth-order valence-corrected chi connectivity index (χ4v) is 0.290. The number of esters is 1. The highest BCUT2D eigenvalue weighted by atomic mass is 16.5. The lowest BCUT2D eigenvalue weighted by Gasteiger charge is -1.89. The lowest BCUT2D eigenvalue weighted by molar-refractivity contribution is -0.136. The van der Waals surface area contributed by atoms with Crippen LogP contribution in [0.25, 0.3) is 0 Å². The van der Waals surface area contributed by atoms with Gasteiger partial charge in [0.05, 0.1) is 13.2 Å². The van der Waals surface area contributed by atoms with E-state index in [4.69, 9.17) is 5.73 Å². The normalized spacial score (nSPS) is 7.33. The van der Waals surface area contributed by atoms with E-state index in [0.717, 1.165) is 0 Å². The number of nitrogens with two attached hydrogens (primary N) is 1. The molecule has 0 unspecified atom stereocenters. The molecule has 3 heteroatoms. The Morgan fingerprint density at radius 2 is 2.44 bits per heavy atom. The number of hydrogen-bond acceptors (Lipinski definition) is 3. The molecule has 0 atom stereocenters. The monoisotopic (exact) mass is 127 g/mol. The van der Waals surface area contributed by atoms with Crippen LogP contribution in [0.3, 0.4) is 0 Å². The van der Waals surface area contributed by atoms with Gasteiger partial charge in [-0.1, -0.05) is 5.92 Å². The second kappa shape index (κ2) is 5.13. The first kappa shape index (κ1) is 7.99.